The molecule has 0 aliphatic carbocycles. The lowest BCUT2D eigenvalue weighted by Gasteiger charge is -2.09. The van der Waals surface area contributed by atoms with Crippen LogP contribution in [0.25, 0.3) is 0 Å². The van der Waals surface area contributed by atoms with Crippen LogP contribution in [0.5, 0.6) is 11.5 Å². The summed E-state index contributed by atoms with van der Waals surface area (Å²) in [7, 11) is 0.145. The molecule has 0 saturated carbocycles. The van der Waals surface area contributed by atoms with Crippen molar-refractivity contribution in [2.24, 2.45) is 0 Å². The van der Waals surface area contributed by atoms with Crippen molar-refractivity contribution >= 4 is 71.4 Å². The Morgan fingerprint density at radius 2 is 0.895 bits per heavy atom. The van der Waals surface area contributed by atoms with Gasteiger partial charge in [0.2, 0.25) is 0 Å². The van der Waals surface area contributed by atoms with E-state index in [-0.39, 0.29) is 7.69 Å². The summed E-state index contributed by atoms with van der Waals surface area (Å²) in [6.07, 6.45) is 0. The van der Waals surface area contributed by atoms with Crippen molar-refractivity contribution in [2.45, 2.75) is 0 Å². The first-order valence-corrected chi connectivity index (χ1v) is 8.38. The molecule has 0 radical (unpaired) electrons. The van der Waals surface area contributed by atoms with Gasteiger partial charge in [-0.3, -0.25) is 0 Å². The van der Waals surface area contributed by atoms with Crippen LogP contribution >= 0.6 is 63.7 Å². The Kier molecular flexibility index (Phi) is 5.80. The van der Waals surface area contributed by atoms with Crippen molar-refractivity contribution in [3.8, 4) is 11.5 Å². The molecule has 0 aliphatic heterocycles. The van der Waals surface area contributed by atoms with Crippen LogP contribution in [0.4, 0.5) is 0 Å². The average Bonchev–Trinajstić information content (AvgIpc) is 2.26. The third-order valence-electron chi connectivity index (χ3n) is 2.12. The van der Waals surface area contributed by atoms with Gasteiger partial charge in [-0.25, -0.2) is 0 Å². The lowest BCUT2D eigenvalue weighted by molar-refractivity contribution is 0.458. The molecule has 2 rings (SSSR count). The fourth-order valence-electron chi connectivity index (χ4n) is 1.39. The van der Waals surface area contributed by atoms with E-state index < -0.39 is 0 Å². The smallest absolute Gasteiger partial charge is 0.528 e. The molecule has 2 nitrogen and oxygen atoms in total. The van der Waals surface area contributed by atoms with E-state index in [1.165, 1.54) is 0 Å². The molecular weight excluding hydrogens is 507 g/mol. The maximum atomic E-state index is 5.54. The van der Waals surface area contributed by atoms with Crippen LogP contribution in [0.3, 0.4) is 0 Å². The zero-order valence-corrected chi connectivity index (χ0v) is 15.8. The van der Waals surface area contributed by atoms with Crippen molar-refractivity contribution < 1.29 is 9.31 Å². The number of hydrogen-bond acceptors (Lipinski definition) is 2. The molecule has 0 atom stereocenters. The Balaban J connectivity index is 1.96. The molecule has 7 heteroatoms. The molecule has 2 aromatic carbocycles. The van der Waals surface area contributed by atoms with Gasteiger partial charge in [0.15, 0.2) is 0 Å². The molecular formula is C12H7BBr4O2. The van der Waals surface area contributed by atoms with Gasteiger partial charge in [0.1, 0.15) is 11.5 Å². The van der Waals surface area contributed by atoms with Crippen LogP contribution in [-0.4, -0.2) is 7.69 Å². The van der Waals surface area contributed by atoms with E-state index in [0.29, 0.717) is 0 Å². The van der Waals surface area contributed by atoms with Gasteiger partial charge in [0.25, 0.3) is 0 Å². The molecule has 0 N–H and O–H groups in total. The molecule has 0 saturated heterocycles. The summed E-state index contributed by atoms with van der Waals surface area (Å²) in [5.41, 5.74) is 0. The maximum Gasteiger partial charge on any atom is 0.576 e. The van der Waals surface area contributed by atoms with Crippen LogP contribution in [-0.2, 0) is 0 Å². The van der Waals surface area contributed by atoms with E-state index in [0.717, 1.165) is 29.4 Å². The molecule has 0 spiro atoms. The van der Waals surface area contributed by atoms with Crippen LogP contribution in [0, 0.1) is 0 Å². The number of rotatable bonds is 4. The molecule has 0 aromatic heterocycles. The Hall–Kier alpha value is 0.0249. The number of hydrogen-bond donors (Lipinski definition) is 0. The van der Waals surface area contributed by atoms with E-state index in [1.54, 1.807) is 0 Å². The summed E-state index contributed by atoms with van der Waals surface area (Å²) in [6, 6.07) is 11.4. The van der Waals surface area contributed by atoms with Gasteiger partial charge in [0, 0.05) is 17.9 Å². The molecule has 0 amide bonds. The second-order valence-corrected chi connectivity index (χ2v) is 7.28. The van der Waals surface area contributed by atoms with E-state index in [1.807, 2.05) is 36.4 Å². The quantitative estimate of drug-likeness (QED) is 0.506. The van der Waals surface area contributed by atoms with Crippen molar-refractivity contribution in [3.63, 3.8) is 0 Å². The maximum absolute atomic E-state index is 5.54. The molecule has 2 aromatic rings. The standard InChI is InChI=1S/C12H7BBr4O2/c14-7-1-8(15)4-11(3-7)18-13-19-12-5-9(16)2-10(17)6-12/h1-6,13H. The zero-order chi connectivity index (χ0) is 13.8. The van der Waals surface area contributed by atoms with Crippen molar-refractivity contribution in [2.75, 3.05) is 0 Å². The molecule has 0 aliphatic rings. The average molecular weight is 514 g/mol. The predicted molar refractivity (Wildman–Crippen MR) is 92.1 cm³/mol. The van der Waals surface area contributed by atoms with Gasteiger partial charge < -0.3 is 9.31 Å². The SMILES string of the molecule is Brc1cc(Br)cc(OBOc2cc(Br)cc(Br)c2)c1. The Labute approximate surface area is 145 Å². The largest absolute Gasteiger partial charge is 0.576 e. The normalized spacial score (nSPS) is 10.1. The third-order valence-corrected chi connectivity index (χ3v) is 3.95. The van der Waals surface area contributed by atoms with Crippen molar-refractivity contribution in [1.82, 2.24) is 0 Å². The first kappa shape index (κ1) is 15.4. The minimum Gasteiger partial charge on any atom is -0.528 e. The van der Waals surface area contributed by atoms with Crippen molar-refractivity contribution in [1.29, 1.82) is 0 Å². The van der Waals surface area contributed by atoms with E-state index in [9.17, 15) is 0 Å². The van der Waals surface area contributed by atoms with Crippen LogP contribution in [0.2, 0.25) is 0 Å². The highest BCUT2D eigenvalue weighted by Crippen LogP contribution is 2.26. The molecule has 98 valence electrons. The Morgan fingerprint density at radius 3 is 1.21 bits per heavy atom. The Morgan fingerprint density at radius 1 is 0.579 bits per heavy atom. The van der Waals surface area contributed by atoms with E-state index in [4.69, 9.17) is 9.31 Å². The monoisotopic (exact) mass is 510 g/mol. The molecule has 0 unspecified atom stereocenters. The highest BCUT2D eigenvalue weighted by molar-refractivity contribution is 9.11. The summed E-state index contributed by atoms with van der Waals surface area (Å²) in [4.78, 5) is 0. The first-order chi connectivity index (χ1) is 9.02. The fourth-order valence-corrected chi connectivity index (χ4v) is 3.89. The second-order valence-electron chi connectivity index (χ2n) is 3.62. The Bertz CT molecular complexity index is 500. The summed E-state index contributed by atoms with van der Waals surface area (Å²) in [5.74, 6) is 1.46. The summed E-state index contributed by atoms with van der Waals surface area (Å²) >= 11 is 13.6. The van der Waals surface area contributed by atoms with Gasteiger partial charge in [-0.1, -0.05) is 63.7 Å². The summed E-state index contributed by atoms with van der Waals surface area (Å²) in [5, 5.41) is 0. The van der Waals surface area contributed by atoms with E-state index >= 15 is 0 Å². The van der Waals surface area contributed by atoms with Crippen LogP contribution < -0.4 is 9.31 Å². The number of halogens is 4. The molecule has 0 bridgehead atoms. The fraction of sp³-hybridized carbons (Fsp3) is 0. The van der Waals surface area contributed by atoms with Gasteiger partial charge >= 0.3 is 7.69 Å². The minimum atomic E-state index is 0.145. The van der Waals surface area contributed by atoms with Crippen LogP contribution in [0.1, 0.15) is 0 Å². The van der Waals surface area contributed by atoms with Crippen molar-refractivity contribution in [3.05, 3.63) is 54.3 Å². The highest BCUT2D eigenvalue weighted by Gasteiger charge is 2.03. The molecule has 0 heterocycles. The zero-order valence-electron chi connectivity index (χ0n) is 9.50. The van der Waals surface area contributed by atoms with Gasteiger partial charge in [-0.05, 0) is 36.4 Å². The topological polar surface area (TPSA) is 18.5 Å². The molecule has 0 fully saturated rings. The number of benzene rings is 2. The van der Waals surface area contributed by atoms with Gasteiger partial charge in [-0.15, -0.1) is 0 Å². The lowest BCUT2D eigenvalue weighted by atomic mass is 10.3. The molecule has 19 heavy (non-hydrogen) atoms. The van der Waals surface area contributed by atoms with E-state index in [2.05, 4.69) is 63.7 Å². The third kappa shape index (κ3) is 5.13. The predicted octanol–water partition coefficient (Wildman–Crippen LogP) is 5.46. The lowest BCUT2D eigenvalue weighted by Crippen LogP contribution is -2.10. The van der Waals surface area contributed by atoms with Gasteiger partial charge in [-0.2, -0.15) is 0 Å². The first-order valence-electron chi connectivity index (χ1n) is 5.21. The highest BCUT2D eigenvalue weighted by atomic mass is 79.9. The minimum absolute atomic E-state index is 0.145. The van der Waals surface area contributed by atoms with Gasteiger partial charge in [0.05, 0.1) is 0 Å². The second kappa shape index (κ2) is 7.15. The van der Waals surface area contributed by atoms with Crippen LogP contribution in [0.15, 0.2) is 54.3 Å². The summed E-state index contributed by atoms with van der Waals surface area (Å²) < 4.78 is 14.9. The summed E-state index contributed by atoms with van der Waals surface area (Å²) in [6.45, 7) is 0.